The molecule has 9 nitrogen and oxygen atoms in total. The number of alkyl halides is 3. The van der Waals surface area contributed by atoms with E-state index in [2.05, 4.69) is 19.7 Å². The fourth-order valence-electron chi connectivity index (χ4n) is 2.32. The Hall–Kier alpha value is -2.84. The topological polar surface area (TPSA) is 137 Å². The SMILES string of the molecule is CCNCCOC(=O)CN=C(C=C(N)C(F)(F)F)c1nsc(-c2cccc(S(C)(=O)=O)c2)n1. The molecule has 2 aromatic rings. The first kappa shape index (κ1) is 26.4. The summed E-state index contributed by atoms with van der Waals surface area (Å²) in [5.41, 5.74) is 3.69. The van der Waals surface area contributed by atoms with Gasteiger partial charge >= 0.3 is 12.1 Å². The number of carbonyl (C=O) groups excluding carboxylic acids is 1. The molecule has 0 spiro atoms. The monoisotopic (exact) mass is 505 g/mol. The predicted octanol–water partition coefficient (Wildman–Crippen LogP) is 1.96. The third-order valence-electron chi connectivity index (χ3n) is 3.95. The van der Waals surface area contributed by atoms with Crippen LogP contribution in [0.25, 0.3) is 10.6 Å². The zero-order valence-corrected chi connectivity index (χ0v) is 19.4. The Morgan fingerprint density at radius 1 is 1.36 bits per heavy atom. The van der Waals surface area contributed by atoms with Crippen LogP contribution < -0.4 is 11.1 Å². The van der Waals surface area contributed by atoms with E-state index in [-0.39, 0.29) is 28.0 Å². The van der Waals surface area contributed by atoms with Crippen molar-refractivity contribution in [2.75, 3.05) is 32.5 Å². The van der Waals surface area contributed by atoms with Crippen molar-refractivity contribution in [2.24, 2.45) is 10.7 Å². The molecule has 0 saturated carbocycles. The van der Waals surface area contributed by atoms with Gasteiger partial charge in [-0.25, -0.2) is 13.4 Å². The number of nitrogens with two attached hydrogens (primary N) is 1. The zero-order valence-electron chi connectivity index (χ0n) is 17.7. The van der Waals surface area contributed by atoms with Crippen LogP contribution in [0.2, 0.25) is 0 Å². The number of allylic oxidation sites excluding steroid dienone is 2. The lowest BCUT2D eigenvalue weighted by molar-refractivity contribution is -0.141. The van der Waals surface area contributed by atoms with Gasteiger partial charge in [0.2, 0.25) is 0 Å². The van der Waals surface area contributed by atoms with Gasteiger partial charge in [-0.1, -0.05) is 19.1 Å². The Balaban J connectivity index is 2.33. The largest absolute Gasteiger partial charge is 0.463 e. The number of esters is 1. The highest BCUT2D eigenvalue weighted by Gasteiger charge is 2.32. The van der Waals surface area contributed by atoms with Gasteiger partial charge in [0.25, 0.3) is 0 Å². The molecule has 0 bridgehead atoms. The average molecular weight is 506 g/mol. The number of hydrogen-bond donors (Lipinski definition) is 2. The maximum absolute atomic E-state index is 12.9. The van der Waals surface area contributed by atoms with Crippen molar-refractivity contribution in [3.8, 4) is 10.6 Å². The molecule has 0 atom stereocenters. The standard InChI is InChI=1S/C19H22F3N5O4S2/c1-3-24-7-8-31-16(28)11-25-14(10-15(23)19(20,21)22)17-26-18(32-27-17)12-5-4-6-13(9-12)33(2,29)30/h4-6,9-10,24H,3,7-8,11,23H2,1-2H3. The first-order valence-electron chi connectivity index (χ1n) is 9.51. The molecule has 2 rings (SSSR count). The summed E-state index contributed by atoms with van der Waals surface area (Å²) in [6.07, 6.45) is -3.25. The highest BCUT2D eigenvalue weighted by atomic mass is 32.2. The van der Waals surface area contributed by atoms with E-state index in [0.29, 0.717) is 24.7 Å². The Labute approximate surface area is 192 Å². The van der Waals surface area contributed by atoms with Gasteiger partial charge in [0.05, 0.1) is 4.90 Å². The smallest absolute Gasteiger partial charge is 0.430 e. The third kappa shape index (κ3) is 8.22. The summed E-state index contributed by atoms with van der Waals surface area (Å²) in [5.74, 6) is -0.951. The molecule has 0 fully saturated rings. The van der Waals surface area contributed by atoms with E-state index >= 15 is 0 Å². The van der Waals surface area contributed by atoms with Gasteiger partial charge in [0.15, 0.2) is 15.7 Å². The first-order chi connectivity index (χ1) is 15.4. The Morgan fingerprint density at radius 2 is 2.09 bits per heavy atom. The Morgan fingerprint density at radius 3 is 2.73 bits per heavy atom. The number of ether oxygens (including phenoxy) is 1. The van der Waals surface area contributed by atoms with Gasteiger partial charge in [-0.05, 0) is 36.3 Å². The number of rotatable bonds is 10. The molecule has 180 valence electrons. The summed E-state index contributed by atoms with van der Waals surface area (Å²) in [7, 11) is -3.48. The normalized spacial score (nSPS) is 13.2. The van der Waals surface area contributed by atoms with E-state index in [1.807, 2.05) is 6.92 Å². The Kier molecular flexibility index (Phi) is 9.07. The van der Waals surface area contributed by atoms with Crippen molar-refractivity contribution < 1.29 is 31.1 Å². The van der Waals surface area contributed by atoms with Crippen molar-refractivity contribution in [3.05, 3.63) is 41.9 Å². The molecule has 0 amide bonds. The molecular weight excluding hydrogens is 483 g/mol. The van der Waals surface area contributed by atoms with Crippen LogP contribution in [0.1, 0.15) is 12.7 Å². The second-order valence-corrected chi connectivity index (χ2v) is 9.36. The lowest BCUT2D eigenvalue weighted by Crippen LogP contribution is -2.23. The molecule has 0 aliphatic rings. The predicted molar refractivity (Wildman–Crippen MR) is 118 cm³/mol. The van der Waals surface area contributed by atoms with Gasteiger partial charge in [-0.15, -0.1) is 0 Å². The molecule has 0 aliphatic heterocycles. The van der Waals surface area contributed by atoms with Crippen molar-refractivity contribution in [3.63, 3.8) is 0 Å². The number of nitrogens with zero attached hydrogens (tertiary/aromatic N) is 3. The number of aliphatic imine (C=N–C) groups is 1. The van der Waals surface area contributed by atoms with Crippen LogP contribution >= 0.6 is 11.5 Å². The van der Waals surface area contributed by atoms with Gasteiger partial charge in [0, 0.05) is 18.4 Å². The minimum Gasteiger partial charge on any atom is -0.463 e. The maximum atomic E-state index is 12.9. The summed E-state index contributed by atoms with van der Waals surface area (Å²) in [5, 5.41) is 3.19. The quantitative estimate of drug-likeness (QED) is 0.284. The number of carbonyl (C=O) groups is 1. The molecule has 1 aromatic heterocycles. The number of nitrogens with one attached hydrogen (secondary N) is 1. The number of benzene rings is 1. The van der Waals surface area contributed by atoms with Gasteiger partial charge in [-0.3, -0.25) is 9.79 Å². The van der Waals surface area contributed by atoms with Crippen molar-refractivity contribution in [1.82, 2.24) is 14.7 Å². The molecule has 33 heavy (non-hydrogen) atoms. The van der Waals surface area contributed by atoms with Crippen molar-refractivity contribution >= 4 is 33.1 Å². The maximum Gasteiger partial charge on any atom is 0.430 e. The zero-order chi connectivity index (χ0) is 24.6. The van der Waals surface area contributed by atoms with Gasteiger partial charge < -0.3 is 15.8 Å². The lowest BCUT2D eigenvalue weighted by Gasteiger charge is -2.07. The number of aromatic nitrogens is 2. The molecule has 1 heterocycles. The van der Waals surface area contributed by atoms with Gasteiger partial charge in [-0.2, -0.15) is 17.5 Å². The highest BCUT2D eigenvalue weighted by Crippen LogP contribution is 2.26. The van der Waals surface area contributed by atoms with Crippen LogP contribution in [0.3, 0.4) is 0 Å². The number of sulfone groups is 1. The molecular formula is C19H22F3N5O4S2. The van der Waals surface area contributed by atoms with E-state index in [9.17, 15) is 26.4 Å². The van der Waals surface area contributed by atoms with E-state index in [4.69, 9.17) is 10.5 Å². The summed E-state index contributed by atoms with van der Waals surface area (Å²) in [6, 6.07) is 5.87. The molecule has 0 radical (unpaired) electrons. The molecule has 0 saturated heterocycles. The average Bonchev–Trinajstić information content (AvgIpc) is 3.23. The lowest BCUT2D eigenvalue weighted by atomic mass is 10.2. The second kappa shape index (κ2) is 11.3. The van der Waals surface area contributed by atoms with Crippen LogP contribution in [0, 0.1) is 0 Å². The van der Waals surface area contributed by atoms with E-state index in [0.717, 1.165) is 17.8 Å². The van der Waals surface area contributed by atoms with Crippen molar-refractivity contribution in [2.45, 2.75) is 18.0 Å². The van der Waals surface area contributed by atoms with Crippen LogP contribution in [0.15, 0.2) is 45.9 Å². The molecule has 3 N–H and O–H groups in total. The van der Waals surface area contributed by atoms with Crippen LogP contribution in [0.4, 0.5) is 13.2 Å². The number of likely N-dealkylation sites (N-methyl/N-ethyl adjacent to an activating group) is 1. The molecule has 0 unspecified atom stereocenters. The Bertz CT molecular complexity index is 1140. The second-order valence-electron chi connectivity index (χ2n) is 6.60. The molecule has 14 heteroatoms. The highest BCUT2D eigenvalue weighted by molar-refractivity contribution is 7.90. The van der Waals surface area contributed by atoms with Crippen molar-refractivity contribution in [1.29, 1.82) is 0 Å². The molecule has 0 aliphatic carbocycles. The van der Waals surface area contributed by atoms with Gasteiger partial charge in [0.1, 0.15) is 29.6 Å². The van der Waals surface area contributed by atoms with Crippen LogP contribution in [-0.4, -0.2) is 68.1 Å². The van der Waals surface area contributed by atoms with E-state index < -0.39 is 34.2 Å². The van der Waals surface area contributed by atoms with Crippen LogP contribution in [0.5, 0.6) is 0 Å². The fraction of sp³-hybridized carbons (Fsp3) is 0.368. The third-order valence-corrected chi connectivity index (χ3v) is 5.83. The first-order valence-corrected chi connectivity index (χ1v) is 12.2. The summed E-state index contributed by atoms with van der Waals surface area (Å²) in [4.78, 5) is 19.9. The summed E-state index contributed by atoms with van der Waals surface area (Å²) < 4.78 is 71.3. The van der Waals surface area contributed by atoms with E-state index in [1.165, 1.54) is 18.2 Å². The summed E-state index contributed by atoms with van der Waals surface area (Å²) >= 11 is 0.826. The minimum atomic E-state index is -4.82. The number of halogens is 3. The number of hydrogen-bond acceptors (Lipinski definition) is 10. The minimum absolute atomic E-state index is 0.0483. The van der Waals surface area contributed by atoms with Crippen LogP contribution in [-0.2, 0) is 19.4 Å². The van der Waals surface area contributed by atoms with E-state index in [1.54, 1.807) is 6.07 Å². The fourth-order valence-corrected chi connectivity index (χ4v) is 3.66. The summed E-state index contributed by atoms with van der Waals surface area (Å²) in [6.45, 7) is 2.49. The molecule has 1 aromatic carbocycles.